The molecule has 1 aromatic rings. The van der Waals surface area contributed by atoms with Crippen LogP contribution in [0.15, 0.2) is 12.1 Å². The molecule has 1 aliphatic carbocycles. The van der Waals surface area contributed by atoms with Crippen LogP contribution in [0.4, 0.5) is 16.3 Å². The van der Waals surface area contributed by atoms with E-state index in [1.807, 2.05) is 6.92 Å². The predicted octanol–water partition coefficient (Wildman–Crippen LogP) is 2.43. The average Bonchev–Trinajstić information content (AvgIpc) is 2.35. The van der Waals surface area contributed by atoms with E-state index in [0.29, 0.717) is 17.5 Å². The highest BCUT2D eigenvalue weighted by atomic mass is 16.2. The molecule has 1 heterocycles. The Labute approximate surface area is 107 Å². The number of aromatic nitrogens is 1. The van der Waals surface area contributed by atoms with E-state index in [1.54, 1.807) is 12.1 Å². The minimum Gasteiger partial charge on any atom is -0.397 e. The average molecular weight is 248 g/mol. The van der Waals surface area contributed by atoms with Gasteiger partial charge in [-0.05, 0) is 31.9 Å². The molecule has 1 fully saturated rings. The molecule has 1 aromatic heterocycles. The summed E-state index contributed by atoms with van der Waals surface area (Å²) in [5.41, 5.74) is 7.04. The molecule has 2 amide bonds. The second-order valence-electron chi connectivity index (χ2n) is 4.80. The third kappa shape index (κ3) is 3.35. The standard InChI is InChI=1S/C13H20N4O/c1-9-11(14)7-8-12(15-9)17-13(18)16-10-5-3-2-4-6-10/h7-8,10H,2-6,14H2,1H3,(H2,15,16,17,18). The summed E-state index contributed by atoms with van der Waals surface area (Å²) in [6.07, 6.45) is 5.82. The summed E-state index contributed by atoms with van der Waals surface area (Å²) in [7, 11) is 0. The molecular formula is C13H20N4O. The Balaban J connectivity index is 1.88. The third-order valence-corrected chi connectivity index (χ3v) is 3.31. The van der Waals surface area contributed by atoms with Crippen molar-refractivity contribution in [3.05, 3.63) is 17.8 Å². The van der Waals surface area contributed by atoms with Gasteiger partial charge in [-0.15, -0.1) is 0 Å². The van der Waals surface area contributed by atoms with Gasteiger partial charge in [0.2, 0.25) is 0 Å². The van der Waals surface area contributed by atoms with Crippen molar-refractivity contribution in [2.45, 2.75) is 45.1 Å². The molecule has 5 nitrogen and oxygen atoms in total. The molecule has 0 unspecified atom stereocenters. The monoisotopic (exact) mass is 248 g/mol. The van der Waals surface area contributed by atoms with Crippen LogP contribution >= 0.6 is 0 Å². The maximum Gasteiger partial charge on any atom is 0.320 e. The zero-order valence-electron chi connectivity index (χ0n) is 10.7. The van der Waals surface area contributed by atoms with E-state index in [4.69, 9.17) is 5.73 Å². The molecule has 2 rings (SSSR count). The highest BCUT2D eigenvalue weighted by Gasteiger charge is 2.15. The molecule has 0 aliphatic heterocycles. The topological polar surface area (TPSA) is 80.0 Å². The Morgan fingerprint density at radius 3 is 2.72 bits per heavy atom. The molecule has 98 valence electrons. The van der Waals surface area contributed by atoms with E-state index in [0.717, 1.165) is 18.5 Å². The summed E-state index contributed by atoms with van der Waals surface area (Å²) >= 11 is 0. The first kappa shape index (κ1) is 12.7. The first-order valence-electron chi connectivity index (χ1n) is 6.46. The lowest BCUT2D eigenvalue weighted by Gasteiger charge is -2.22. The molecular weight excluding hydrogens is 228 g/mol. The Morgan fingerprint density at radius 2 is 2.06 bits per heavy atom. The minimum atomic E-state index is -0.182. The van der Waals surface area contributed by atoms with Crippen molar-refractivity contribution < 1.29 is 4.79 Å². The number of urea groups is 1. The summed E-state index contributed by atoms with van der Waals surface area (Å²) < 4.78 is 0. The van der Waals surface area contributed by atoms with Gasteiger partial charge in [-0.1, -0.05) is 19.3 Å². The van der Waals surface area contributed by atoms with Crippen LogP contribution in [-0.2, 0) is 0 Å². The van der Waals surface area contributed by atoms with Gasteiger partial charge in [0.25, 0.3) is 0 Å². The normalized spacial score (nSPS) is 16.3. The van der Waals surface area contributed by atoms with E-state index < -0.39 is 0 Å². The van der Waals surface area contributed by atoms with Crippen LogP contribution in [0.3, 0.4) is 0 Å². The zero-order valence-corrected chi connectivity index (χ0v) is 10.7. The summed E-state index contributed by atoms with van der Waals surface area (Å²) in [6, 6.07) is 3.58. The van der Waals surface area contributed by atoms with Gasteiger partial charge in [-0.2, -0.15) is 0 Å². The molecule has 0 bridgehead atoms. The lowest BCUT2D eigenvalue weighted by molar-refractivity contribution is 0.244. The molecule has 0 spiro atoms. The van der Waals surface area contributed by atoms with Crippen molar-refractivity contribution in [1.82, 2.24) is 10.3 Å². The number of carbonyl (C=O) groups is 1. The smallest absolute Gasteiger partial charge is 0.320 e. The fourth-order valence-electron chi connectivity index (χ4n) is 2.23. The zero-order chi connectivity index (χ0) is 13.0. The van der Waals surface area contributed by atoms with Crippen molar-refractivity contribution in [2.24, 2.45) is 0 Å². The van der Waals surface area contributed by atoms with Crippen LogP contribution in [0.5, 0.6) is 0 Å². The third-order valence-electron chi connectivity index (χ3n) is 3.31. The number of rotatable bonds is 2. The van der Waals surface area contributed by atoms with Crippen molar-refractivity contribution in [2.75, 3.05) is 11.1 Å². The number of aryl methyl sites for hydroxylation is 1. The number of nitrogens with one attached hydrogen (secondary N) is 2. The van der Waals surface area contributed by atoms with Gasteiger partial charge < -0.3 is 11.1 Å². The fraction of sp³-hybridized carbons (Fsp3) is 0.538. The lowest BCUT2D eigenvalue weighted by Crippen LogP contribution is -2.39. The number of nitrogen functional groups attached to an aromatic ring is 1. The minimum absolute atomic E-state index is 0.182. The number of nitrogens with zero attached hydrogens (tertiary/aromatic N) is 1. The number of carbonyl (C=O) groups excluding carboxylic acids is 1. The molecule has 0 radical (unpaired) electrons. The van der Waals surface area contributed by atoms with Crippen LogP contribution in [-0.4, -0.2) is 17.1 Å². The maximum absolute atomic E-state index is 11.8. The summed E-state index contributed by atoms with van der Waals surface area (Å²) in [5.74, 6) is 0.537. The predicted molar refractivity (Wildman–Crippen MR) is 72.4 cm³/mol. The van der Waals surface area contributed by atoms with Gasteiger partial charge in [0.05, 0.1) is 11.4 Å². The van der Waals surface area contributed by atoms with E-state index in [1.165, 1.54) is 19.3 Å². The highest BCUT2D eigenvalue weighted by Crippen LogP contribution is 2.17. The SMILES string of the molecule is Cc1nc(NC(=O)NC2CCCCC2)ccc1N. The van der Waals surface area contributed by atoms with E-state index >= 15 is 0 Å². The number of hydrogen-bond donors (Lipinski definition) is 3. The number of amides is 2. The number of pyridine rings is 1. The first-order valence-corrected chi connectivity index (χ1v) is 6.46. The van der Waals surface area contributed by atoms with Crippen molar-refractivity contribution in [3.8, 4) is 0 Å². The molecule has 5 heteroatoms. The van der Waals surface area contributed by atoms with Crippen LogP contribution < -0.4 is 16.4 Å². The lowest BCUT2D eigenvalue weighted by atomic mass is 9.96. The van der Waals surface area contributed by atoms with Crippen LogP contribution in [0.2, 0.25) is 0 Å². The summed E-state index contributed by atoms with van der Waals surface area (Å²) in [6.45, 7) is 1.82. The van der Waals surface area contributed by atoms with Crippen LogP contribution in [0, 0.1) is 6.92 Å². The molecule has 1 saturated carbocycles. The van der Waals surface area contributed by atoms with Gasteiger partial charge >= 0.3 is 6.03 Å². The molecule has 1 aliphatic rings. The molecule has 0 atom stereocenters. The quantitative estimate of drug-likeness (QED) is 0.752. The van der Waals surface area contributed by atoms with Crippen molar-refractivity contribution >= 4 is 17.5 Å². The second-order valence-corrected chi connectivity index (χ2v) is 4.80. The Hall–Kier alpha value is -1.78. The Bertz CT molecular complexity index is 427. The summed E-state index contributed by atoms with van der Waals surface area (Å²) in [5, 5.41) is 5.72. The number of hydrogen-bond acceptors (Lipinski definition) is 3. The van der Waals surface area contributed by atoms with E-state index in [2.05, 4.69) is 15.6 Å². The van der Waals surface area contributed by atoms with Crippen molar-refractivity contribution in [3.63, 3.8) is 0 Å². The van der Waals surface area contributed by atoms with E-state index in [-0.39, 0.29) is 6.03 Å². The first-order chi connectivity index (χ1) is 8.65. The highest BCUT2D eigenvalue weighted by molar-refractivity contribution is 5.88. The molecule has 0 saturated heterocycles. The van der Waals surface area contributed by atoms with Crippen LogP contribution in [0.25, 0.3) is 0 Å². The fourth-order valence-corrected chi connectivity index (χ4v) is 2.23. The molecule has 0 aromatic carbocycles. The van der Waals surface area contributed by atoms with Crippen molar-refractivity contribution in [1.29, 1.82) is 0 Å². The number of anilines is 2. The summed E-state index contributed by atoms with van der Waals surface area (Å²) in [4.78, 5) is 16.0. The van der Waals surface area contributed by atoms with Gasteiger partial charge in [0, 0.05) is 6.04 Å². The maximum atomic E-state index is 11.8. The van der Waals surface area contributed by atoms with Gasteiger partial charge in [0.15, 0.2) is 0 Å². The van der Waals surface area contributed by atoms with Gasteiger partial charge in [-0.3, -0.25) is 5.32 Å². The van der Waals surface area contributed by atoms with Gasteiger partial charge in [-0.25, -0.2) is 9.78 Å². The van der Waals surface area contributed by atoms with E-state index in [9.17, 15) is 4.79 Å². The number of nitrogens with two attached hydrogens (primary N) is 1. The largest absolute Gasteiger partial charge is 0.397 e. The van der Waals surface area contributed by atoms with Crippen LogP contribution in [0.1, 0.15) is 37.8 Å². The molecule has 18 heavy (non-hydrogen) atoms. The second kappa shape index (κ2) is 5.71. The Morgan fingerprint density at radius 1 is 1.33 bits per heavy atom. The molecule has 4 N–H and O–H groups in total. The Kier molecular flexibility index (Phi) is 4.02. The van der Waals surface area contributed by atoms with Gasteiger partial charge in [0.1, 0.15) is 5.82 Å².